The molecule has 0 bridgehead atoms. The lowest BCUT2D eigenvalue weighted by atomic mass is 9.93. The van der Waals surface area contributed by atoms with Crippen LogP contribution < -0.4 is 10.1 Å². The molecule has 3 aromatic rings. The van der Waals surface area contributed by atoms with E-state index in [9.17, 15) is 4.79 Å². The first-order valence-electron chi connectivity index (χ1n) is 8.79. The van der Waals surface area contributed by atoms with Gasteiger partial charge in [0.05, 0.1) is 30.0 Å². The molecule has 0 aliphatic carbocycles. The van der Waals surface area contributed by atoms with Gasteiger partial charge >= 0.3 is 0 Å². The number of rotatable bonds is 6. The van der Waals surface area contributed by atoms with Crippen molar-refractivity contribution in [1.82, 2.24) is 9.97 Å². The van der Waals surface area contributed by atoms with Crippen molar-refractivity contribution in [3.05, 3.63) is 46.4 Å². The molecule has 0 saturated carbocycles. The number of nitrogens with one attached hydrogen (secondary N) is 1. The van der Waals surface area contributed by atoms with Crippen LogP contribution >= 0.6 is 22.7 Å². The third kappa shape index (κ3) is 4.93. The van der Waals surface area contributed by atoms with Crippen molar-refractivity contribution in [3.63, 3.8) is 0 Å². The molecule has 0 radical (unpaired) electrons. The molecule has 27 heavy (non-hydrogen) atoms. The Balaban J connectivity index is 1.67. The molecule has 1 amide bonds. The number of para-hydroxylation sites is 1. The van der Waals surface area contributed by atoms with E-state index in [0.29, 0.717) is 11.7 Å². The monoisotopic (exact) mass is 401 g/mol. The van der Waals surface area contributed by atoms with E-state index in [1.807, 2.05) is 41.9 Å². The minimum absolute atomic E-state index is 0.0305. The molecule has 5 nitrogen and oxygen atoms in total. The maximum Gasteiger partial charge on any atom is 0.232 e. The van der Waals surface area contributed by atoms with Crippen LogP contribution in [0.25, 0.3) is 10.6 Å². The van der Waals surface area contributed by atoms with Crippen molar-refractivity contribution in [1.29, 1.82) is 0 Å². The van der Waals surface area contributed by atoms with Crippen LogP contribution in [0, 0.1) is 0 Å². The minimum Gasteiger partial charge on any atom is -0.493 e. The topological polar surface area (TPSA) is 64.1 Å². The van der Waals surface area contributed by atoms with Gasteiger partial charge in [-0.05, 0) is 19.1 Å². The molecule has 2 aromatic heterocycles. The molecule has 0 saturated heterocycles. The number of benzene rings is 1. The minimum atomic E-state index is -0.111. The van der Waals surface area contributed by atoms with Gasteiger partial charge < -0.3 is 10.1 Å². The summed E-state index contributed by atoms with van der Waals surface area (Å²) in [4.78, 5) is 21.5. The number of anilines is 1. The molecule has 0 atom stereocenters. The van der Waals surface area contributed by atoms with Crippen molar-refractivity contribution in [2.45, 2.75) is 39.5 Å². The second-order valence-electron chi connectivity index (χ2n) is 7.09. The Morgan fingerprint density at radius 3 is 2.63 bits per heavy atom. The van der Waals surface area contributed by atoms with E-state index >= 15 is 0 Å². The second-order valence-corrected chi connectivity index (χ2v) is 8.80. The summed E-state index contributed by atoms with van der Waals surface area (Å²) in [6.45, 7) is 8.86. The Kier molecular flexibility index (Phi) is 5.92. The quantitative estimate of drug-likeness (QED) is 0.621. The van der Waals surface area contributed by atoms with E-state index in [2.05, 4.69) is 36.1 Å². The Morgan fingerprint density at radius 2 is 1.93 bits per heavy atom. The summed E-state index contributed by atoms with van der Waals surface area (Å²) in [5.74, 6) is 0.697. The summed E-state index contributed by atoms with van der Waals surface area (Å²) in [6, 6.07) is 7.82. The standard InChI is InChI=1S/C20H23N3O2S2/c1-5-25-15-9-7-6-8-14(15)18-21-13(11-26-18)10-17(24)23-19-22-16(12-27-19)20(2,3)4/h6-9,11-12H,5,10H2,1-4H3,(H,22,23,24). The maximum absolute atomic E-state index is 12.4. The third-order valence-electron chi connectivity index (χ3n) is 3.83. The lowest BCUT2D eigenvalue weighted by Gasteiger charge is -2.14. The Bertz CT molecular complexity index is 925. The lowest BCUT2D eigenvalue weighted by molar-refractivity contribution is -0.115. The molecule has 1 N–H and O–H groups in total. The van der Waals surface area contributed by atoms with Gasteiger partial charge in [-0.15, -0.1) is 22.7 Å². The number of carbonyl (C=O) groups excluding carboxylic acids is 1. The molecule has 0 aliphatic rings. The largest absolute Gasteiger partial charge is 0.493 e. The van der Waals surface area contributed by atoms with Crippen LogP contribution in [-0.2, 0) is 16.6 Å². The lowest BCUT2D eigenvalue weighted by Crippen LogP contribution is -2.16. The van der Waals surface area contributed by atoms with Gasteiger partial charge in [-0.25, -0.2) is 9.97 Å². The number of hydrogen-bond donors (Lipinski definition) is 1. The van der Waals surface area contributed by atoms with Crippen LogP contribution in [0.5, 0.6) is 5.75 Å². The highest BCUT2D eigenvalue weighted by Gasteiger charge is 2.18. The molecule has 2 heterocycles. The molecule has 0 fully saturated rings. The van der Waals surface area contributed by atoms with Gasteiger partial charge in [0.25, 0.3) is 0 Å². The van der Waals surface area contributed by atoms with E-state index in [0.717, 1.165) is 27.7 Å². The summed E-state index contributed by atoms with van der Waals surface area (Å²) in [5.41, 5.74) is 2.64. The van der Waals surface area contributed by atoms with Crippen LogP contribution in [0.4, 0.5) is 5.13 Å². The smallest absolute Gasteiger partial charge is 0.232 e. The van der Waals surface area contributed by atoms with Gasteiger partial charge in [0, 0.05) is 16.2 Å². The van der Waals surface area contributed by atoms with E-state index in [-0.39, 0.29) is 17.7 Å². The zero-order chi connectivity index (χ0) is 19.4. The van der Waals surface area contributed by atoms with Crippen LogP contribution in [0.15, 0.2) is 35.0 Å². The fourth-order valence-corrected chi connectivity index (χ4v) is 4.24. The first-order chi connectivity index (χ1) is 12.9. The number of aromatic nitrogens is 2. The van der Waals surface area contributed by atoms with Crippen molar-refractivity contribution in [2.24, 2.45) is 0 Å². The predicted octanol–water partition coefficient (Wildman–Crippen LogP) is 5.14. The van der Waals surface area contributed by atoms with Gasteiger partial charge in [0.2, 0.25) is 5.91 Å². The summed E-state index contributed by atoms with van der Waals surface area (Å²) in [7, 11) is 0. The first-order valence-corrected chi connectivity index (χ1v) is 10.5. The van der Waals surface area contributed by atoms with Crippen molar-refractivity contribution < 1.29 is 9.53 Å². The van der Waals surface area contributed by atoms with Gasteiger partial charge in [-0.1, -0.05) is 32.9 Å². The Hall–Kier alpha value is -2.25. The van der Waals surface area contributed by atoms with Gasteiger partial charge in [-0.2, -0.15) is 0 Å². The normalized spacial score (nSPS) is 11.4. The van der Waals surface area contributed by atoms with Crippen molar-refractivity contribution in [2.75, 3.05) is 11.9 Å². The molecule has 1 aromatic carbocycles. The summed E-state index contributed by atoms with van der Waals surface area (Å²) in [6.07, 6.45) is 0.220. The summed E-state index contributed by atoms with van der Waals surface area (Å²) >= 11 is 2.96. The fourth-order valence-electron chi connectivity index (χ4n) is 2.44. The van der Waals surface area contributed by atoms with Gasteiger partial charge in [-0.3, -0.25) is 4.79 Å². The van der Waals surface area contributed by atoms with Crippen LogP contribution in [-0.4, -0.2) is 22.5 Å². The Labute approximate surface area is 167 Å². The summed E-state index contributed by atoms with van der Waals surface area (Å²) in [5, 5.41) is 8.26. The number of amides is 1. The highest BCUT2D eigenvalue weighted by molar-refractivity contribution is 7.14. The zero-order valence-corrected chi connectivity index (χ0v) is 17.5. The van der Waals surface area contributed by atoms with Crippen LogP contribution in [0.1, 0.15) is 39.1 Å². The molecule has 3 rings (SSSR count). The van der Waals surface area contributed by atoms with Gasteiger partial charge in [0.1, 0.15) is 10.8 Å². The maximum atomic E-state index is 12.4. The number of thiazole rings is 2. The van der Waals surface area contributed by atoms with Crippen LogP contribution in [0.2, 0.25) is 0 Å². The molecule has 7 heteroatoms. The van der Waals surface area contributed by atoms with Crippen molar-refractivity contribution in [3.8, 4) is 16.3 Å². The molecule has 0 aliphatic heterocycles. The fraction of sp³-hybridized carbons (Fsp3) is 0.350. The second kappa shape index (κ2) is 8.19. The summed E-state index contributed by atoms with van der Waals surface area (Å²) < 4.78 is 5.67. The number of carbonyl (C=O) groups is 1. The van der Waals surface area contributed by atoms with E-state index in [1.165, 1.54) is 22.7 Å². The van der Waals surface area contributed by atoms with Crippen molar-refractivity contribution >= 4 is 33.7 Å². The zero-order valence-electron chi connectivity index (χ0n) is 15.9. The molecular formula is C20H23N3O2S2. The highest BCUT2D eigenvalue weighted by Crippen LogP contribution is 2.32. The number of ether oxygens (including phenoxy) is 1. The third-order valence-corrected chi connectivity index (χ3v) is 5.51. The van der Waals surface area contributed by atoms with Crippen LogP contribution in [0.3, 0.4) is 0 Å². The van der Waals surface area contributed by atoms with Gasteiger partial charge in [0.15, 0.2) is 5.13 Å². The predicted molar refractivity (Wildman–Crippen MR) is 112 cm³/mol. The SMILES string of the molecule is CCOc1ccccc1-c1nc(CC(=O)Nc2nc(C(C)(C)C)cs2)cs1. The van der Waals surface area contributed by atoms with E-state index in [4.69, 9.17) is 4.74 Å². The highest BCUT2D eigenvalue weighted by atomic mass is 32.1. The number of nitrogens with zero attached hydrogens (tertiary/aromatic N) is 2. The molecule has 0 spiro atoms. The van der Waals surface area contributed by atoms with E-state index in [1.54, 1.807) is 0 Å². The molecule has 0 unspecified atom stereocenters. The number of hydrogen-bond acceptors (Lipinski definition) is 6. The van der Waals surface area contributed by atoms with E-state index < -0.39 is 0 Å². The Morgan fingerprint density at radius 1 is 1.15 bits per heavy atom. The average Bonchev–Trinajstić information content (AvgIpc) is 3.25. The molecule has 142 valence electrons. The average molecular weight is 402 g/mol. The molecular weight excluding hydrogens is 378 g/mol. The first kappa shape index (κ1) is 19.5.